The lowest BCUT2D eigenvalue weighted by atomic mass is 10.0. The number of likely N-dealkylation sites (tertiary alicyclic amines) is 1. The van der Waals surface area contributed by atoms with Crippen LogP contribution in [0.2, 0.25) is 0 Å². The predicted octanol–water partition coefficient (Wildman–Crippen LogP) is 2.61. The first kappa shape index (κ1) is 13.8. The minimum absolute atomic E-state index is 0.408. The molecule has 2 aromatic rings. The van der Waals surface area contributed by atoms with E-state index in [0.29, 0.717) is 11.6 Å². The Hall–Kier alpha value is -2.20. The molecule has 1 amide bonds. The molecule has 1 aromatic carbocycles. The molecule has 1 fully saturated rings. The molecule has 108 valence electrons. The van der Waals surface area contributed by atoms with Crippen LogP contribution in [0.1, 0.15) is 34.9 Å². The summed E-state index contributed by atoms with van der Waals surface area (Å²) in [6, 6.07) is 11.9. The van der Waals surface area contributed by atoms with Gasteiger partial charge in [-0.05, 0) is 50.2 Å². The van der Waals surface area contributed by atoms with E-state index in [9.17, 15) is 4.79 Å². The largest absolute Gasteiger partial charge is 0.366 e. The SMILES string of the molecule is CN1CCC[C@H]1c1ccc(-c2cccc(C(N)=O)c2)cn1. The molecule has 2 N–H and O–H groups in total. The summed E-state index contributed by atoms with van der Waals surface area (Å²) in [4.78, 5) is 18.2. The summed E-state index contributed by atoms with van der Waals surface area (Å²) in [6.45, 7) is 1.13. The lowest BCUT2D eigenvalue weighted by molar-refractivity contribution is 0.100. The van der Waals surface area contributed by atoms with Crippen LogP contribution in [-0.4, -0.2) is 29.4 Å². The van der Waals surface area contributed by atoms with Gasteiger partial charge < -0.3 is 5.73 Å². The second kappa shape index (κ2) is 5.66. The Bertz CT molecular complexity index is 651. The number of hydrogen-bond acceptors (Lipinski definition) is 3. The van der Waals surface area contributed by atoms with Crippen molar-refractivity contribution in [3.8, 4) is 11.1 Å². The van der Waals surface area contributed by atoms with Crippen LogP contribution >= 0.6 is 0 Å². The molecule has 1 aliphatic rings. The highest BCUT2D eigenvalue weighted by molar-refractivity contribution is 5.94. The van der Waals surface area contributed by atoms with Crippen LogP contribution in [0, 0.1) is 0 Å². The Kier molecular flexibility index (Phi) is 3.71. The van der Waals surface area contributed by atoms with Crippen molar-refractivity contribution in [3.63, 3.8) is 0 Å². The Morgan fingerprint density at radius 1 is 1.29 bits per heavy atom. The van der Waals surface area contributed by atoms with Crippen molar-refractivity contribution < 1.29 is 4.79 Å². The highest BCUT2D eigenvalue weighted by Crippen LogP contribution is 2.30. The number of aromatic nitrogens is 1. The molecule has 21 heavy (non-hydrogen) atoms. The van der Waals surface area contributed by atoms with Crippen molar-refractivity contribution in [1.82, 2.24) is 9.88 Å². The summed E-state index contributed by atoms with van der Waals surface area (Å²) in [5.41, 5.74) is 8.92. The normalized spacial score (nSPS) is 18.8. The first-order valence-electron chi connectivity index (χ1n) is 7.21. The summed E-state index contributed by atoms with van der Waals surface area (Å²) < 4.78 is 0. The zero-order valence-electron chi connectivity index (χ0n) is 12.1. The minimum atomic E-state index is -0.408. The van der Waals surface area contributed by atoms with Crippen molar-refractivity contribution in [2.75, 3.05) is 13.6 Å². The molecule has 1 aliphatic heterocycles. The number of rotatable bonds is 3. The fourth-order valence-electron chi connectivity index (χ4n) is 2.91. The number of carbonyl (C=O) groups excluding carboxylic acids is 1. The molecule has 0 spiro atoms. The molecule has 0 unspecified atom stereocenters. The fourth-order valence-corrected chi connectivity index (χ4v) is 2.91. The van der Waals surface area contributed by atoms with Gasteiger partial charge in [0.25, 0.3) is 0 Å². The van der Waals surface area contributed by atoms with Crippen LogP contribution in [0.3, 0.4) is 0 Å². The van der Waals surface area contributed by atoms with Crippen LogP contribution in [0.25, 0.3) is 11.1 Å². The molecule has 3 rings (SSSR count). The van der Waals surface area contributed by atoms with Crippen LogP contribution in [0.5, 0.6) is 0 Å². The van der Waals surface area contributed by atoms with Crippen molar-refractivity contribution >= 4 is 5.91 Å². The monoisotopic (exact) mass is 281 g/mol. The Balaban J connectivity index is 1.87. The van der Waals surface area contributed by atoms with Gasteiger partial charge in [0, 0.05) is 17.3 Å². The Morgan fingerprint density at radius 3 is 2.76 bits per heavy atom. The lowest BCUT2D eigenvalue weighted by Crippen LogP contribution is -2.18. The molecule has 1 saturated heterocycles. The number of hydrogen-bond donors (Lipinski definition) is 1. The standard InChI is InChI=1S/C17H19N3O/c1-20-9-3-6-16(20)15-8-7-14(11-19-15)12-4-2-5-13(10-12)17(18)21/h2,4-5,7-8,10-11,16H,3,6,9H2,1H3,(H2,18,21)/t16-/m0/s1. The maximum Gasteiger partial charge on any atom is 0.248 e. The van der Waals surface area contributed by atoms with Gasteiger partial charge in [-0.2, -0.15) is 0 Å². The molecule has 4 heteroatoms. The number of pyridine rings is 1. The van der Waals surface area contributed by atoms with Gasteiger partial charge >= 0.3 is 0 Å². The third-order valence-electron chi connectivity index (χ3n) is 4.13. The fraction of sp³-hybridized carbons (Fsp3) is 0.294. The lowest BCUT2D eigenvalue weighted by Gasteiger charge is -2.18. The van der Waals surface area contributed by atoms with Crippen LogP contribution in [0.4, 0.5) is 0 Å². The van der Waals surface area contributed by atoms with E-state index in [-0.39, 0.29) is 0 Å². The van der Waals surface area contributed by atoms with Gasteiger partial charge in [-0.3, -0.25) is 14.7 Å². The highest BCUT2D eigenvalue weighted by Gasteiger charge is 2.23. The van der Waals surface area contributed by atoms with E-state index in [1.165, 1.54) is 12.8 Å². The predicted molar refractivity (Wildman–Crippen MR) is 82.8 cm³/mol. The van der Waals surface area contributed by atoms with E-state index in [1.54, 1.807) is 12.1 Å². The zero-order valence-corrected chi connectivity index (χ0v) is 12.1. The molecule has 4 nitrogen and oxygen atoms in total. The number of benzene rings is 1. The zero-order chi connectivity index (χ0) is 14.8. The number of primary amides is 1. The second-order valence-electron chi connectivity index (χ2n) is 5.56. The molecule has 0 aliphatic carbocycles. The third kappa shape index (κ3) is 2.81. The number of carbonyl (C=O) groups is 1. The van der Waals surface area contributed by atoms with Gasteiger partial charge in [-0.15, -0.1) is 0 Å². The molecule has 0 saturated carbocycles. The molecular weight excluding hydrogens is 262 g/mol. The van der Waals surface area contributed by atoms with Gasteiger partial charge in [-0.25, -0.2) is 0 Å². The molecule has 1 atom stereocenters. The quantitative estimate of drug-likeness (QED) is 0.940. The topological polar surface area (TPSA) is 59.2 Å². The van der Waals surface area contributed by atoms with Gasteiger partial charge in [0.15, 0.2) is 0 Å². The average molecular weight is 281 g/mol. The highest BCUT2D eigenvalue weighted by atomic mass is 16.1. The van der Waals surface area contributed by atoms with E-state index >= 15 is 0 Å². The molecule has 0 bridgehead atoms. The van der Waals surface area contributed by atoms with Crippen LogP contribution < -0.4 is 5.73 Å². The number of nitrogens with zero attached hydrogens (tertiary/aromatic N) is 2. The maximum atomic E-state index is 11.2. The summed E-state index contributed by atoms with van der Waals surface area (Å²) in [5, 5.41) is 0. The maximum absolute atomic E-state index is 11.2. The van der Waals surface area contributed by atoms with E-state index in [2.05, 4.69) is 29.1 Å². The summed E-state index contributed by atoms with van der Waals surface area (Å²) in [5.74, 6) is -0.408. The van der Waals surface area contributed by atoms with E-state index < -0.39 is 5.91 Å². The molecule has 1 aromatic heterocycles. The summed E-state index contributed by atoms with van der Waals surface area (Å²) in [7, 11) is 2.14. The van der Waals surface area contributed by atoms with Gasteiger partial charge in [0.1, 0.15) is 0 Å². The van der Waals surface area contributed by atoms with E-state index in [0.717, 1.165) is 23.4 Å². The van der Waals surface area contributed by atoms with E-state index in [1.807, 2.05) is 18.3 Å². The van der Waals surface area contributed by atoms with Gasteiger partial charge in [0.2, 0.25) is 5.91 Å². The second-order valence-corrected chi connectivity index (χ2v) is 5.56. The summed E-state index contributed by atoms with van der Waals surface area (Å²) in [6.07, 6.45) is 4.27. The van der Waals surface area contributed by atoms with Crippen LogP contribution in [-0.2, 0) is 0 Å². The van der Waals surface area contributed by atoms with Crippen molar-refractivity contribution in [2.24, 2.45) is 5.73 Å². The van der Waals surface area contributed by atoms with Gasteiger partial charge in [0.05, 0.1) is 11.7 Å². The molecule has 0 radical (unpaired) electrons. The van der Waals surface area contributed by atoms with Crippen molar-refractivity contribution in [2.45, 2.75) is 18.9 Å². The molecule has 2 heterocycles. The smallest absolute Gasteiger partial charge is 0.248 e. The molecular formula is C17H19N3O. The summed E-state index contributed by atoms with van der Waals surface area (Å²) >= 11 is 0. The van der Waals surface area contributed by atoms with Crippen molar-refractivity contribution in [1.29, 1.82) is 0 Å². The minimum Gasteiger partial charge on any atom is -0.366 e. The Morgan fingerprint density at radius 2 is 2.14 bits per heavy atom. The number of nitrogens with two attached hydrogens (primary N) is 1. The van der Waals surface area contributed by atoms with Gasteiger partial charge in [-0.1, -0.05) is 18.2 Å². The average Bonchev–Trinajstić information content (AvgIpc) is 2.94. The Labute approximate surface area is 124 Å². The van der Waals surface area contributed by atoms with E-state index in [4.69, 9.17) is 5.73 Å². The number of amides is 1. The van der Waals surface area contributed by atoms with Crippen LogP contribution in [0.15, 0.2) is 42.6 Å². The first-order valence-corrected chi connectivity index (χ1v) is 7.21. The third-order valence-corrected chi connectivity index (χ3v) is 4.13. The van der Waals surface area contributed by atoms with Crippen molar-refractivity contribution in [3.05, 3.63) is 53.9 Å². The first-order chi connectivity index (χ1) is 10.1.